The van der Waals surface area contributed by atoms with Gasteiger partial charge in [-0.25, -0.2) is 4.79 Å². The van der Waals surface area contributed by atoms with Gasteiger partial charge >= 0.3 is 11.9 Å². The molecule has 1 aromatic heterocycles. The van der Waals surface area contributed by atoms with Gasteiger partial charge in [0.15, 0.2) is 0 Å². The normalized spacial score (nSPS) is 22.9. The Labute approximate surface area is 163 Å². The van der Waals surface area contributed by atoms with E-state index in [9.17, 15) is 19.5 Å². The van der Waals surface area contributed by atoms with Gasteiger partial charge in [-0.2, -0.15) is 0 Å². The number of thiophene rings is 1. The number of carbonyl (C=O) groups excluding carboxylic acids is 2. The Morgan fingerprint density at radius 1 is 1.00 bits per heavy atom. The van der Waals surface area contributed by atoms with Gasteiger partial charge in [-0.05, 0) is 44.1 Å². The number of amides is 1. The van der Waals surface area contributed by atoms with Crippen LogP contribution in [0.15, 0.2) is 0 Å². The molecule has 2 aliphatic carbocycles. The number of hydrogen-bond acceptors (Lipinski definition) is 5. The van der Waals surface area contributed by atoms with E-state index in [1.54, 1.807) is 0 Å². The lowest BCUT2D eigenvalue weighted by Gasteiger charge is -2.27. The number of rotatable bonds is 4. The maximum Gasteiger partial charge on any atom is 0.341 e. The first-order valence-electron chi connectivity index (χ1n) is 9.79. The summed E-state index contributed by atoms with van der Waals surface area (Å²) >= 11 is 1.45. The molecule has 0 bridgehead atoms. The molecule has 1 fully saturated rings. The highest BCUT2D eigenvalue weighted by molar-refractivity contribution is 7.17. The Morgan fingerprint density at radius 3 is 2.33 bits per heavy atom. The van der Waals surface area contributed by atoms with Gasteiger partial charge in [0, 0.05) is 4.88 Å². The lowest BCUT2D eigenvalue weighted by molar-refractivity contribution is -0.147. The molecule has 2 N–H and O–H groups in total. The van der Waals surface area contributed by atoms with E-state index in [-0.39, 0.29) is 5.91 Å². The maximum atomic E-state index is 12.9. The van der Waals surface area contributed by atoms with Gasteiger partial charge in [-0.1, -0.05) is 25.7 Å². The van der Waals surface area contributed by atoms with Crippen molar-refractivity contribution >= 4 is 34.2 Å². The van der Waals surface area contributed by atoms with Crippen LogP contribution in [0.2, 0.25) is 0 Å². The third-order valence-electron chi connectivity index (χ3n) is 5.72. The molecular formula is C20H27NO5S. The van der Waals surface area contributed by atoms with Crippen LogP contribution in [0.3, 0.4) is 0 Å². The van der Waals surface area contributed by atoms with Crippen LogP contribution in [0, 0.1) is 11.8 Å². The van der Waals surface area contributed by atoms with E-state index >= 15 is 0 Å². The zero-order chi connectivity index (χ0) is 19.4. The molecule has 7 heteroatoms. The molecule has 0 aliphatic heterocycles. The molecule has 0 saturated heterocycles. The van der Waals surface area contributed by atoms with Crippen LogP contribution in [0.25, 0.3) is 0 Å². The molecule has 2 unspecified atom stereocenters. The fraction of sp³-hybridized carbons (Fsp3) is 0.650. The van der Waals surface area contributed by atoms with Crippen molar-refractivity contribution in [2.24, 2.45) is 11.8 Å². The quantitative estimate of drug-likeness (QED) is 0.754. The number of aryl methyl sites for hydroxylation is 1. The molecule has 3 rings (SSSR count). The van der Waals surface area contributed by atoms with Crippen molar-refractivity contribution in [2.45, 2.75) is 64.2 Å². The Hall–Kier alpha value is -1.89. The van der Waals surface area contributed by atoms with Gasteiger partial charge in [-0.15, -0.1) is 11.3 Å². The molecule has 0 spiro atoms. The smallest absolute Gasteiger partial charge is 0.341 e. The van der Waals surface area contributed by atoms with E-state index in [2.05, 4.69) is 5.32 Å². The van der Waals surface area contributed by atoms with Gasteiger partial charge < -0.3 is 15.2 Å². The van der Waals surface area contributed by atoms with Crippen molar-refractivity contribution < 1.29 is 24.2 Å². The molecule has 0 aromatic carbocycles. The summed E-state index contributed by atoms with van der Waals surface area (Å²) < 4.78 is 4.98. The van der Waals surface area contributed by atoms with Crippen LogP contribution in [-0.4, -0.2) is 30.1 Å². The summed E-state index contributed by atoms with van der Waals surface area (Å²) in [5.41, 5.74) is 1.47. The van der Waals surface area contributed by atoms with Crippen LogP contribution < -0.4 is 5.32 Å². The van der Waals surface area contributed by atoms with E-state index in [0.29, 0.717) is 23.4 Å². The van der Waals surface area contributed by atoms with Crippen LogP contribution in [0.5, 0.6) is 0 Å². The fourth-order valence-electron chi connectivity index (χ4n) is 4.27. The van der Waals surface area contributed by atoms with E-state index in [0.717, 1.165) is 55.4 Å². The van der Waals surface area contributed by atoms with E-state index < -0.39 is 23.8 Å². The molecule has 1 saturated carbocycles. The molecule has 1 heterocycles. The van der Waals surface area contributed by atoms with Crippen molar-refractivity contribution in [3.05, 3.63) is 16.0 Å². The summed E-state index contributed by atoms with van der Waals surface area (Å²) in [5, 5.41) is 12.9. The number of methoxy groups -OCH3 is 1. The number of carboxylic acid groups (broad SMARTS) is 1. The summed E-state index contributed by atoms with van der Waals surface area (Å²) in [6, 6.07) is 0. The van der Waals surface area contributed by atoms with Crippen molar-refractivity contribution in [3.8, 4) is 0 Å². The number of carbonyl (C=O) groups is 3. The van der Waals surface area contributed by atoms with Gasteiger partial charge in [0.1, 0.15) is 5.00 Å². The second-order valence-electron chi connectivity index (χ2n) is 7.44. The van der Waals surface area contributed by atoms with Crippen LogP contribution in [0.1, 0.15) is 72.2 Å². The topological polar surface area (TPSA) is 92.7 Å². The number of fused-ring (bicyclic) bond motifs is 1. The predicted molar refractivity (Wildman–Crippen MR) is 103 cm³/mol. The first-order chi connectivity index (χ1) is 13.0. The molecule has 2 atom stereocenters. The molecule has 2 aliphatic rings. The Balaban J connectivity index is 1.89. The van der Waals surface area contributed by atoms with E-state index in [1.807, 2.05) is 0 Å². The zero-order valence-electron chi connectivity index (χ0n) is 15.7. The zero-order valence-corrected chi connectivity index (χ0v) is 16.5. The van der Waals surface area contributed by atoms with Gasteiger partial charge in [0.05, 0.1) is 24.5 Å². The largest absolute Gasteiger partial charge is 0.481 e. The van der Waals surface area contributed by atoms with Crippen LogP contribution in [0.4, 0.5) is 5.00 Å². The summed E-state index contributed by atoms with van der Waals surface area (Å²) in [6.07, 6.45) is 8.91. The van der Waals surface area contributed by atoms with Gasteiger partial charge in [0.2, 0.25) is 5.91 Å². The minimum absolute atomic E-state index is 0.290. The standard InChI is InChI=1S/C20H27NO5S/c1-26-20(25)16-14-10-4-2-3-5-11-15(14)27-18(16)21-17(22)12-8-6-7-9-13(12)19(23)24/h12-13H,2-11H2,1H3,(H,21,22)(H,23,24). The van der Waals surface area contributed by atoms with Crippen LogP contribution >= 0.6 is 11.3 Å². The second-order valence-corrected chi connectivity index (χ2v) is 8.54. The summed E-state index contributed by atoms with van der Waals surface area (Å²) in [4.78, 5) is 38.0. The van der Waals surface area contributed by atoms with Crippen molar-refractivity contribution in [3.63, 3.8) is 0 Å². The predicted octanol–water partition coefficient (Wildman–Crippen LogP) is 4.02. The summed E-state index contributed by atoms with van der Waals surface area (Å²) in [7, 11) is 1.35. The minimum Gasteiger partial charge on any atom is -0.481 e. The SMILES string of the molecule is COC(=O)c1c(NC(=O)C2CCCCC2C(=O)O)sc2c1CCCCCC2. The first-order valence-corrected chi connectivity index (χ1v) is 10.6. The number of anilines is 1. The molecule has 0 radical (unpaired) electrons. The molecule has 1 amide bonds. The highest BCUT2D eigenvalue weighted by Crippen LogP contribution is 2.39. The second kappa shape index (κ2) is 8.87. The molecule has 1 aromatic rings. The lowest BCUT2D eigenvalue weighted by Crippen LogP contribution is -2.36. The average Bonchev–Trinajstić information content (AvgIpc) is 2.97. The number of esters is 1. The Kier molecular flexibility index (Phi) is 6.52. The van der Waals surface area contributed by atoms with Crippen LogP contribution in [-0.2, 0) is 27.2 Å². The van der Waals surface area contributed by atoms with E-state index in [4.69, 9.17) is 4.74 Å². The molecule has 27 heavy (non-hydrogen) atoms. The van der Waals surface area contributed by atoms with Gasteiger partial charge in [-0.3, -0.25) is 9.59 Å². The van der Waals surface area contributed by atoms with Crippen molar-refractivity contribution in [1.82, 2.24) is 0 Å². The molecular weight excluding hydrogens is 366 g/mol. The third-order valence-corrected chi connectivity index (χ3v) is 6.92. The number of ether oxygens (including phenoxy) is 1. The fourth-order valence-corrected chi connectivity index (χ4v) is 5.55. The Morgan fingerprint density at radius 2 is 1.67 bits per heavy atom. The summed E-state index contributed by atoms with van der Waals surface area (Å²) in [5.74, 6) is -2.84. The maximum absolute atomic E-state index is 12.9. The monoisotopic (exact) mass is 393 g/mol. The van der Waals surface area contributed by atoms with Crippen molar-refractivity contribution in [1.29, 1.82) is 0 Å². The number of aliphatic carboxylic acids is 1. The van der Waals surface area contributed by atoms with E-state index in [1.165, 1.54) is 24.9 Å². The summed E-state index contributed by atoms with van der Waals surface area (Å²) in [6.45, 7) is 0. The number of nitrogens with one attached hydrogen (secondary N) is 1. The number of hydrogen-bond donors (Lipinski definition) is 2. The average molecular weight is 394 g/mol. The third kappa shape index (κ3) is 4.34. The highest BCUT2D eigenvalue weighted by atomic mass is 32.1. The minimum atomic E-state index is -0.915. The molecule has 148 valence electrons. The molecule has 6 nitrogen and oxygen atoms in total. The van der Waals surface area contributed by atoms with Gasteiger partial charge in [0.25, 0.3) is 0 Å². The Bertz CT molecular complexity index is 726. The lowest BCUT2D eigenvalue weighted by atomic mass is 9.78. The number of carboxylic acids is 1. The van der Waals surface area contributed by atoms with Crippen molar-refractivity contribution in [2.75, 3.05) is 12.4 Å². The highest BCUT2D eigenvalue weighted by Gasteiger charge is 2.37. The first kappa shape index (κ1) is 19.9.